The first kappa shape index (κ1) is 11.7. The van der Waals surface area contributed by atoms with E-state index in [1.165, 1.54) is 33.4 Å². The molecule has 0 heterocycles. The molecule has 1 heteroatoms. The molecule has 0 radical (unpaired) electrons. The first-order valence-corrected chi connectivity index (χ1v) is 5.93. The van der Waals surface area contributed by atoms with E-state index in [1.807, 2.05) is 12.1 Å². The molecule has 0 bridgehead atoms. The summed E-state index contributed by atoms with van der Waals surface area (Å²) >= 11 is 0. The van der Waals surface area contributed by atoms with Gasteiger partial charge in [0.15, 0.2) is 0 Å². The predicted molar refractivity (Wildman–Crippen MR) is 75.2 cm³/mol. The summed E-state index contributed by atoms with van der Waals surface area (Å²) in [6, 6.07) is 10.6. The molecule has 0 aliphatic carbocycles. The van der Waals surface area contributed by atoms with Gasteiger partial charge in [0, 0.05) is 5.69 Å². The molecule has 0 spiro atoms. The summed E-state index contributed by atoms with van der Waals surface area (Å²) in [6.07, 6.45) is 0. The van der Waals surface area contributed by atoms with Gasteiger partial charge in [0.1, 0.15) is 0 Å². The summed E-state index contributed by atoms with van der Waals surface area (Å²) in [7, 11) is 0. The fourth-order valence-electron chi connectivity index (χ4n) is 2.24. The van der Waals surface area contributed by atoms with Gasteiger partial charge in [0.05, 0.1) is 0 Å². The SMILES string of the molecule is Cc1cc(C)c(-c2ccc(N)cc2C)cc1C. The zero-order valence-electron chi connectivity index (χ0n) is 11.0. The molecule has 2 aromatic carbocycles. The largest absolute Gasteiger partial charge is 0.399 e. The molecule has 0 fully saturated rings. The summed E-state index contributed by atoms with van der Waals surface area (Å²) in [5, 5.41) is 0. The lowest BCUT2D eigenvalue weighted by molar-refractivity contribution is 1.29. The highest BCUT2D eigenvalue weighted by atomic mass is 14.5. The maximum Gasteiger partial charge on any atom is 0.0317 e. The monoisotopic (exact) mass is 225 g/mol. The van der Waals surface area contributed by atoms with Crippen LogP contribution in [0.4, 0.5) is 5.69 Å². The second kappa shape index (κ2) is 4.25. The number of nitrogen functional groups attached to an aromatic ring is 1. The number of benzene rings is 2. The molecule has 17 heavy (non-hydrogen) atoms. The van der Waals surface area contributed by atoms with Crippen molar-refractivity contribution in [1.29, 1.82) is 0 Å². The van der Waals surface area contributed by atoms with Crippen molar-refractivity contribution in [2.45, 2.75) is 27.7 Å². The van der Waals surface area contributed by atoms with Crippen LogP contribution in [0.1, 0.15) is 22.3 Å². The van der Waals surface area contributed by atoms with Crippen LogP contribution in [0.15, 0.2) is 30.3 Å². The van der Waals surface area contributed by atoms with Gasteiger partial charge in [-0.15, -0.1) is 0 Å². The lowest BCUT2D eigenvalue weighted by Gasteiger charge is -2.13. The predicted octanol–water partition coefficient (Wildman–Crippen LogP) is 4.17. The number of anilines is 1. The maximum atomic E-state index is 5.80. The topological polar surface area (TPSA) is 26.0 Å². The summed E-state index contributed by atoms with van der Waals surface area (Å²) in [4.78, 5) is 0. The van der Waals surface area contributed by atoms with Gasteiger partial charge in [0.25, 0.3) is 0 Å². The molecule has 0 saturated heterocycles. The molecule has 0 aromatic heterocycles. The van der Waals surface area contributed by atoms with E-state index in [1.54, 1.807) is 0 Å². The standard InChI is InChI=1S/C16H19N/c1-10-7-12(3)16(9-11(10)2)15-6-5-14(17)8-13(15)4/h5-9H,17H2,1-4H3. The van der Waals surface area contributed by atoms with E-state index >= 15 is 0 Å². The van der Waals surface area contributed by atoms with E-state index in [4.69, 9.17) is 5.73 Å². The lowest BCUT2D eigenvalue weighted by atomic mass is 9.93. The van der Waals surface area contributed by atoms with Crippen LogP contribution in [-0.4, -0.2) is 0 Å². The van der Waals surface area contributed by atoms with E-state index in [2.05, 4.69) is 45.9 Å². The van der Waals surface area contributed by atoms with Crippen molar-refractivity contribution in [3.8, 4) is 11.1 Å². The Morgan fingerprint density at radius 2 is 1.24 bits per heavy atom. The van der Waals surface area contributed by atoms with Gasteiger partial charge in [-0.25, -0.2) is 0 Å². The van der Waals surface area contributed by atoms with E-state index in [-0.39, 0.29) is 0 Å². The summed E-state index contributed by atoms with van der Waals surface area (Å²) in [5.74, 6) is 0. The van der Waals surface area contributed by atoms with E-state index in [0.29, 0.717) is 0 Å². The van der Waals surface area contributed by atoms with Crippen molar-refractivity contribution in [3.63, 3.8) is 0 Å². The second-order valence-electron chi connectivity index (χ2n) is 4.83. The van der Waals surface area contributed by atoms with Crippen LogP contribution < -0.4 is 5.73 Å². The molecular weight excluding hydrogens is 206 g/mol. The Labute approximate surface area is 103 Å². The molecule has 1 nitrogen and oxygen atoms in total. The Morgan fingerprint density at radius 3 is 1.88 bits per heavy atom. The van der Waals surface area contributed by atoms with Crippen molar-refractivity contribution < 1.29 is 0 Å². The molecule has 2 aromatic rings. The molecule has 0 aliphatic heterocycles. The third-order valence-corrected chi connectivity index (χ3v) is 3.38. The van der Waals surface area contributed by atoms with Crippen LogP contribution in [0.25, 0.3) is 11.1 Å². The number of hydrogen-bond acceptors (Lipinski definition) is 1. The highest BCUT2D eigenvalue weighted by Gasteiger charge is 2.07. The molecule has 0 saturated carbocycles. The van der Waals surface area contributed by atoms with Gasteiger partial charge in [-0.1, -0.05) is 18.2 Å². The number of aryl methyl sites for hydroxylation is 4. The van der Waals surface area contributed by atoms with Gasteiger partial charge in [-0.3, -0.25) is 0 Å². The first-order chi connectivity index (χ1) is 7.99. The summed E-state index contributed by atoms with van der Waals surface area (Å²) < 4.78 is 0. The normalized spacial score (nSPS) is 10.6. The lowest BCUT2D eigenvalue weighted by Crippen LogP contribution is -1.92. The minimum atomic E-state index is 0.827. The molecule has 2 rings (SSSR count). The Bertz CT molecular complexity index is 568. The fraction of sp³-hybridized carbons (Fsp3) is 0.250. The van der Waals surface area contributed by atoms with Crippen molar-refractivity contribution in [2.75, 3.05) is 5.73 Å². The van der Waals surface area contributed by atoms with Crippen LogP contribution in [0.2, 0.25) is 0 Å². The van der Waals surface area contributed by atoms with Crippen molar-refractivity contribution in [1.82, 2.24) is 0 Å². The van der Waals surface area contributed by atoms with Crippen LogP contribution in [-0.2, 0) is 0 Å². The maximum absolute atomic E-state index is 5.80. The highest BCUT2D eigenvalue weighted by molar-refractivity contribution is 5.73. The van der Waals surface area contributed by atoms with Crippen LogP contribution >= 0.6 is 0 Å². The Kier molecular flexibility index (Phi) is 2.93. The molecular formula is C16H19N. The Balaban J connectivity index is 2.64. The molecule has 0 amide bonds. The average molecular weight is 225 g/mol. The molecule has 0 unspecified atom stereocenters. The van der Waals surface area contributed by atoms with Gasteiger partial charge in [-0.05, 0) is 73.2 Å². The minimum Gasteiger partial charge on any atom is -0.399 e. The van der Waals surface area contributed by atoms with E-state index in [9.17, 15) is 0 Å². The van der Waals surface area contributed by atoms with Gasteiger partial charge >= 0.3 is 0 Å². The van der Waals surface area contributed by atoms with Gasteiger partial charge < -0.3 is 5.73 Å². The van der Waals surface area contributed by atoms with Gasteiger partial charge in [-0.2, -0.15) is 0 Å². The summed E-state index contributed by atoms with van der Waals surface area (Å²) in [6.45, 7) is 8.59. The molecule has 0 atom stereocenters. The number of hydrogen-bond donors (Lipinski definition) is 1. The van der Waals surface area contributed by atoms with Crippen LogP contribution in [0.3, 0.4) is 0 Å². The number of rotatable bonds is 1. The third-order valence-electron chi connectivity index (χ3n) is 3.38. The fourth-order valence-corrected chi connectivity index (χ4v) is 2.24. The van der Waals surface area contributed by atoms with Crippen molar-refractivity contribution >= 4 is 5.69 Å². The quantitative estimate of drug-likeness (QED) is 0.724. The molecule has 0 aliphatic rings. The Morgan fingerprint density at radius 1 is 0.647 bits per heavy atom. The second-order valence-corrected chi connectivity index (χ2v) is 4.83. The zero-order valence-corrected chi connectivity index (χ0v) is 11.0. The number of nitrogens with two attached hydrogens (primary N) is 1. The average Bonchev–Trinajstić information content (AvgIpc) is 2.24. The van der Waals surface area contributed by atoms with E-state index in [0.717, 1.165) is 5.69 Å². The molecule has 88 valence electrons. The molecule has 2 N–H and O–H groups in total. The van der Waals surface area contributed by atoms with Crippen molar-refractivity contribution in [3.05, 3.63) is 52.6 Å². The first-order valence-electron chi connectivity index (χ1n) is 5.93. The summed E-state index contributed by atoms with van der Waals surface area (Å²) in [5.41, 5.74) is 14.4. The van der Waals surface area contributed by atoms with E-state index < -0.39 is 0 Å². The smallest absolute Gasteiger partial charge is 0.0317 e. The van der Waals surface area contributed by atoms with Crippen molar-refractivity contribution in [2.24, 2.45) is 0 Å². The Hall–Kier alpha value is -1.76. The minimum absolute atomic E-state index is 0.827. The van der Waals surface area contributed by atoms with Gasteiger partial charge in [0.2, 0.25) is 0 Å². The van der Waals surface area contributed by atoms with Crippen LogP contribution in [0.5, 0.6) is 0 Å². The third kappa shape index (κ3) is 2.19. The van der Waals surface area contributed by atoms with Crippen LogP contribution in [0, 0.1) is 27.7 Å². The highest BCUT2D eigenvalue weighted by Crippen LogP contribution is 2.29. The zero-order chi connectivity index (χ0) is 12.6.